The van der Waals surface area contributed by atoms with Crippen LogP contribution in [-0.2, 0) is 6.42 Å². The summed E-state index contributed by atoms with van der Waals surface area (Å²) in [6.07, 6.45) is 2.62. The highest BCUT2D eigenvalue weighted by molar-refractivity contribution is 6.42. The molecule has 1 aromatic carbocycles. The highest BCUT2D eigenvalue weighted by Crippen LogP contribution is 2.32. The molecule has 2 heteroatoms. The minimum absolute atomic E-state index is 0.458. The Labute approximate surface area is 95.5 Å². The number of allylic oxidation sites excluding steroid dienone is 1. The monoisotopic (exact) mass is 228 g/mol. The van der Waals surface area contributed by atoms with Gasteiger partial charge in [-0.2, -0.15) is 0 Å². The van der Waals surface area contributed by atoms with Crippen molar-refractivity contribution in [2.24, 2.45) is 0 Å². The maximum atomic E-state index is 6.14. The first-order valence-electron chi connectivity index (χ1n) is 4.65. The van der Waals surface area contributed by atoms with Gasteiger partial charge < -0.3 is 0 Å². The second-order valence-corrected chi connectivity index (χ2v) is 4.36. The van der Waals surface area contributed by atoms with Gasteiger partial charge in [-0.05, 0) is 29.5 Å². The van der Waals surface area contributed by atoms with Crippen LogP contribution >= 0.6 is 23.2 Å². The molecule has 0 aliphatic carbocycles. The first-order chi connectivity index (χ1) is 6.57. The van der Waals surface area contributed by atoms with E-state index < -0.39 is 0 Å². The van der Waals surface area contributed by atoms with Crippen LogP contribution in [0.3, 0.4) is 0 Å². The van der Waals surface area contributed by atoms with Crippen molar-refractivity contribution in [2.75, 3.05) is 0 Å². The molecule has 0 atom stereocenters. The van der Waals surface area contributed by atoms with Gasteiger partial charge >= 0.3 is 0 Å². The fraction of sp³-hybridized carbons (Fsp3) is 0.333. The van der Waals surface area contributed by atoms with Crippen LogP contribution < -0.4 is 0 Å². The predicted molar refractivity (Wildman–Crippen MR) is 64.5 cm³/mol. The van der Waals surface area contributed by atoms with Crippen molar-refractivity contribution in [3.05, 3.63) is 46.0 Å². The van der Waals surface area contributed by atoms with E-state index in [1.807, 2.05) is 18.2 Å². The lowest BCUT2D eigenvalue weighted by molar-refractivity contribution is 0.850. The van der Waals surface area contributed by atoms with Gasteiger partial charge in [-0.1, -0.05) is 49.2 Å². The first-order valence-corrected chi connectivity index (χ1v) is 5.41. The third-order valence-corrected chi connectivity index (χ3v) is 3.05. The van der Waals surface area contributed by atoms with Crippen molar-refractivity contribution in [3.63, 3.8) is 0 Å². The Hall–Kier alpha value is -0.460. The van der Waals surface area contributed by atoms with Gasteiger partial charge in [0.15, 0.2) is 0 Å². The minimum atomic E-state index is 0.458. The standard InChI is InChI=1S/C12H14Cl2/c1-4-5-10-9(8(2)3)6-7-11(13)12(10)14/h4,6-8H,1,5H2,2-3H3. The molecule has 76 valence electrons. The van der Waals surface area contributed by atoms with E-state index in [1.54, 1.807) is 0 Å². The van der Waals surface area contributed by atoms with E-state index in [9.17, 15) is 0 Å². The largest absolute Gasteiger partial charge is 0.103 e. The average Bonchev–Trinajstić information content (AvgIpc) is 2.13. The van der Waals surface area contributed by atoms with E-state index in [2.05, 4.69) is 20.4 Å². The van der Waals surface area contributed by atoms with Gasteiger partial charge in [0, 0.05) is 0 Å². The lowest BCUT2D eigenvalue weighted by atomic mass is 9.95. The molecule has 0 aliphatic heterocycles. The van der Waals surface area contributed by atoms with Crippen LogP contribution in [0.1, 0.15) is 30.9 Å². The molecule has 0 spiro atoms. The molecular weight excluding hydrogens is 215 g/mol. The number of benzene rings is 1. The van der Waals surface area contributed by atoms with Gasteiger partial charge in [-0.3, -0.25) is 0 Å². The van der Waals surface area contributed by atoms with Crippen LogP contribution in [0.2, 0.25) is 10.0 Å². The summed E-state index contributed by atoms with van der Waals surface area (Å²) in [6.45, 7) is 8.02. The topological polar surface area (TPSA) is 0 Å². The molecule has 0 saturated carbocycles. The van der Waals surface area contributed by atoms with Crippen molar-refractivity contribution in [1.82, 2.24) is 0 Å². The molecule has 0 fully saturated rings. The Morgan fingerprint density at radius 2 is 2.00 bits per heavy atom. The number of hydrogen-bond donors (Lipinski definition) is 0. The summed E-state index contributed by atoms with van der Waals surface area (Å²) in [5, 5.41) is 1.28. The van der Waals surface area contributed by atoms with Crippen molar-refractivity contribution in [2.45, 2.75) is 26.2 Å². The summed E-state index contributed by atoms with van der Waals surface area (Å²) in [6, 6.07) is 3.89. The Morgan fingerprint density at radius 3 is 2.50 bits per heavy atom. The van der Waals surface area contributed by atoms with E-state index in [4.69, 9.17) is 23.2 Å². The molecule has 1 rings (SSSR count). The van der Waals surface area contributed by atoms with Gasteiger partial charge in [0.25, 0.3) is 0 Å². The molecule has 0 saturated heterocycles. The summed E-state index contributed by atoms with van der Waals surface area (Å²) in [4.78, 5) is 0. The average molecular weight is 229 g/mol. The predicted octanol–water partition coefficient (Wildman–Crippen LogP) is 4.85. The molecule has 0 N–H and O–H groups in total. The Kier molecular flexibility index (Phi) is 4.03. The zero-order chi connectivity index (χ0) is 10.7. The summed E-state index contributed by atoms with van der Waals surface area (Å²) in [5.41, 5.74) is 2.35. The Balaban J connectivity index is 3.29. The smallest absolute Gasteiger partial charge is 0.0630 e. The number of halogens is 2. The van der Waals surface area contributed by atoms with E-state index >= 15 is 0 Å². The van der Waals surface area contributed by atoms with Gasteiger partial charge in [-0.25, -0.2) is 0 Å². The lowest BCUT2D eigenvalue weighted by Gasteiger charge is -2.14. The van der Waals surface area contributed by atoms with Gasteiger partial charge in [-0.15, -0.1) is 6.58 Å². The second kappa shape index (κ2) is 4.86. The fourth-order valence-corrected chi connectivity index (χ4v) is 1.93. The third kappa shape index (κ3) is 2.31. The van der Waals surface area contributed by atoms with Crippen molar-refractivity contribution in [3.8, 4) is 0 Å². The summed E-state index contributed by atoms with van der Waals surface area (Å²) < 4.78 is 0. The molecule has 14 heavy (non-hydrogen) atoms. The molecule has 0 unspecified atom stereocenters. The highest BCUT2D eigenvalue weighted by atomic mass is 35.5. The summed E-state index contributed by atoms with van der Waals surface area (Å²) >= 11 is 12.1. The molecule has 0 bridgehead atoms. The molecule has 0 heterocycles. The maximum Gasteiger partial charge on any atom is 0.0630 e. The summed E-state index contributed by atoms with van der Waals surface area (Å²) in [5.74, 6) is 0.458. The maximum absolute atomic E-state index is 6.14. The Morgan fingerprint density at radius 1 is 1.36 bits per heavy atom. The first kappa shape index (κ1) is 11.6. The van der Waals surface area contributed by atoms with E-state index in [-0.39, 0.29) is 0 Å². The van der Waals surface area contributed by atoms with Crippen LogP contribution in [0.4, 0.5) is 0 Å². The van der Waals surface area contributed by atoms with Gasteiger partial charge in [0.2, 0.25) is 0 Å². The molecule has 0 amide bonds. The molecule has 0 nitrogen and oxygen atoms in total. The lowest BCUT2D eigenvalue weighted by Crippen LogP contribution is -1.96. The molecule has 0 aromatic heterocycles. The zero-order valence-corrected chi connectivity index (χ0v) is 9.99. The van der Waals surface area contributed by atoms with E-state index in [0.717, 1.165) is 12.0 Å². The van der Waals surface area contributed by atoms with Crippen LogP contribution in [0.15, 0.2) is 24.8 Å². The van der Waals surface area contributed by atoms with Crippen molar-refractivity contribution >= 4 is 23.2 Å². The zero-order valence-electron chi connectivity index (χ0n) is 8.48. The quantitative estimate of drug-likeness (QED) is 0.650. The van der Waals surface area contributed by atoms with Crippen LogP contribution in [-0.4, -0.2) is 0 Å². The Bertz CT molecular complexity index is 340. The number of rotatable bonds is 3. The van der Waals surface area contributed by atoms with Crippen molar-refractivity contribution < 1.29 is 0 Å². The molecule has 0 aliphatic rings. The second-order valence-electron chi connectivity index (χ2n) is 3.58. The fourth-order valence-electron chi connectivity index (χ4n) is 1.50. The van der Waals surface area contributed by atoms with Gasteiger partial charge in [0.05, 0.1) is 10.0 Å². The normalized spacial score (nSPS) is 10.6. The minimum Gasteiger partial charge on any atom is -0.103 e. The summed E-state index contributed by atoms with van der Waals surface area (Å²) in [7, 11) is 0. The third-order valence-electron chi connectivity index (χ3n) is 2.20. The number of hydrogen-bond acceptors (Lipinski definition) is 0. The van der Waals surface area contributed by atoms with Gasteiger partial charge in [0.1, 0.15) is 0 Å². The van der Waals surface area contributed by atoms with Crippen LogP contribution in [0.25, 0.3) is 0 Å². The molecule has 1 aromatic rings. The van der Waals surface area contributed by atoms with E-state index in [1.165, 1.54) is 5.56 Å². The molecule has 0 radical (unpaired) electrons. The SMILES string of the molecule is C=CCc1c(C(C)C)ccc(Cl)c1Cl. The van der Waals surface area contributed by atoms with E-state index in [0.29, 0.717) is 16.0 Å². The molecular formula is C12H14Cl2. The van der Waals surface area contributed by atoms with Crippen molar-refractivity contribution in [1.29, 1.82) is 0 Å². The van der Waals surface area contributed by atoms with Crippen LogP contribution in [0.5, 0.6) is 0 Å². The van der Waals surface area contributed by atoms with Crippen LogP contribution in [0, 0.1) is 0 Å². The highest BCUT2D eigenvalue weighted by Gasteiger charge is 2.11.